The number of ketones is 1. The van der Waals surface area contributed by atoms with Gasteiger partial charge < -0.3 is 4.74 Å². The molecule has 0 amide bonds. The second-order valence-electron chi connectivity index (χ2n) is 3.94. The van der Waals surface area contributed by atoms with Crippen LogP contribution in [0, 0.1) is 6.92 Å². The van der Waals surface area contributed by atoms with E-state index in [0.29, 0.717) is 17.7 Å². The molecule has 0 bridgehead atoms. The molecule has 1 heterocycles. The van der Waals surface area contributed by atoms with E-state index in [2.05, 4.69) is 0 Å². The Hall–Kier alpha value is -1.61. The van der Waals surface area contributed by atoms with Gasteiger partial charge in [0.15, 0.2) is 5.78 Å². The van der Waals surface area contributed by atoms with E-state index in [1.165, 1.54) is 0 Å². The molecule has 0 saturated heterocycles. The molecule has 0 aliphatic carbocycles. The molecule has 0 N–H and O–H groups in total. The molecule has 0 unspecified atom stereocenters. The third kappa shape index (κ3) is 2.74. The van der Waals surface area contributed by atoms with Crippen molar-refractivity contribution in [3.05, 3.63) is 51.7 Å². The van der Waals surface area contributed by atoms with E-state index >= 15 is 0 Å². The third-order valence-electron chi connectivity index (χ3n) is 2.60. The summed E-state index contributed by atoms with van der Waals surface area (Å²) >= 11 is 1.61. The first kappa shape index (κ1) is 11.9. The fourth-order valence-corrected chi connectivity index (χ4v) is 2.37. The molecule has 1 aromatic carbocycles. The summed E-state index contributed by atoms with van der Waals surface area (Å²) in [7, 11) is 1.59. The van der Waals surface area contributed by atoms with Crippen molar-refractivity contribution in [3.63, 3.8) is 0 Å². The normalized spacial score (nSPS) is 10.2. The molecule has 2 nitrogen and oxygen atoms in total. The average Bonchev–Trinajstić information content (AvgIpc) is 2.81. The molecular formula is C14H14O2S. The highest BCUT2D eigenvalue weighted by Crippen LogP contribution is 2.22. The maximum atomic E-state index is 12.1. The van der Waals surface area contributed by atoms with Gasteiger partial charge in [-0.1, -0.05) is 6.07 Å². The smallest absolute Gasteiger partial charge is 0.170 e. The van der Waals surface area contributed by atoms with Crippen LogP contribution in [-0.2, 0) is 6.42 Å². The highest BCUT2D eigenvalue weighted by molar-refractivity contribution is 7.08. The molecule has 0 fully saturated rings. The number of methoxy groups -OCH3 is 1. The molecule has 0 aliphatic heterocycles. The van der Waals surface area contributed by atoms with Crippen molar-refractivity contribution in [2.75, 3.05) is 7.11 Å². The highest BCUT2D eigenvalue weighted by Gasteiger charge is 2.12. The van der Waals surface area contributed by atoms with E-state index in [1.54, 1.807) is 18.4 Å². The van der Waals surface area contributed by atoms with Crippen LogP contribution >= 0.6 is 11.3 Å². The number of rotatable bonds is 4. The van der Waals surface area contributed by atoms with Gasteiger partial charge in [-0.05, 0) is 47.0 Å². The number of hydrogen-bond donors (Lipinski definition) is 0. The number of benzene rings is 1. The number of carbonyl (C=O) groups is 1. The first-order valence-corrected chi connectivity index (χ1v) is 6.34. The van der Waals surface area contributed by atoms with Crippen molar-refractivity contribution < 1.29 is 9.53 Å². The summed E-state index contributed by atoms with van der Waals surface area (Å²) in [5.41, 5.74) is 2.81. The van der Waals surface area contributed by atoms with Gasteiger partial charge in [-0.25, -0.2) is 0 Å². The van der Waals surface area contributed by atoms with Gasteiger partial charge in [0.25, 0.3) is 0 Å². The van der Waals surface area contributed by atoms with E-state index in [1.807, 2.05) is 41.9 Å². The molecule has 88 valence electrons. The fraction of sp³-hybridized carbons (Fsp3) is 0.214. The van der Waals surface area contributed by atoms with E-state index in [-0.39, 0.29) is 5.78 Å². The Morgan fingerprint density at radius 3 is 2.82 bits per heavy atom. The van der Waals surface area contributed by atoms with Gasteiger partial charge in [-0.2, -0.15) is 11.3 Å². The van der Waals surface area contributed by atoms with Gasteiger partial charge in [0.1, 0.15) is 5.75 Å². The summed E-state index contributed by atoms with van der Waals surface area (Å²) in [5, 5.41) is 3.98. The first-order valence-electron chi connectivity index (χ1n) is 5.39. The van der Waals surface area contributed by atoms with Gasteiger partial charge in [0, 0.05) is 6.42 Å². The van der Waals surface area contributed by atoms with Crippen LogP contribution in [-0.4, -0.2) is 12.9 Å². The fourth-order valence-electron chi connectivity index (χ4n) is 1.70. The molecule has 0 radical (unpaired) electrons. The molecule has 17 heavy (non-hydrogen) atoms. The second kappa shape index (κ2) is 5.15. The Bertz CT molecular complexity index is 515. The standard InChI is InChI=1S/C14H14O2S/c1-10-3-4-12(14(7-10)16-2)13(15)8-11-5-6-17-9-11/h3-7,9H,8H2,1-2H3. The zero-order chi connectivity index (χ0) is 12.3. The van der Waals surface area contributed by atoms with Crippen molar-refractivity contribution >= 4 is 17.1 Å². The third-order valence-corrected chi connectivity index (χ3v) is 3.33. The lowest BCUT2D eigenvalue weighted by Gasteiger charge is -2.08. The average molecular weight is 246 g/mol. The highest BCUT2D eigenvalue weighted by atomic mass is 32.1. The summed E-state index contributed by atoms with van der Waals surface area (Å²) in [6.07, 6.45) is 0.433. The quantitative estimate of drug-likeness (QED) is 0.772. The lowest BCUT2D eigenvalue weighted by atomic mass is 10.0. The van der Waals surface area contributed by atoms with Gasteiger partial charge in [0.2, 0.25) is 0 Å². The predicted octanol–water partition coefficient (Wildman–Crippen LogP) is 3.49. The minimum absolute atomic E-state index is 0.0975. The number of hydrogen-bond acceptors (Lipinski definition) is 3. The van der Waals surface area contributed by atoms with E-state index in [4.69, 9.17) is 4.74 Å². The lowest BCUT2D eigenvalue weighted by molar-refractivity contribution is 0.0990. The number of Topliss-reactive ketones (excluding diaryl/α,β-unsaturated/α-hetero) is 1. The van der Waals surface area contributed by atoms with Crippen LogP contribution in [0.25, 0.3) is 0 Å². The molecule has 2 rings (SSSR count). The van der Waals surface area contributed by atoms with Crippen LogP contribution in [0.15, 0.2) is 35.0 Å². The molecule has 1 aromatic heterocycles. The summed E-state index contributed by atoms with van der Waals surface area (Å²) in [6, 6.07) is 7.64. The number of carbonyl (C=O) groups excluding carboxylic acids is 1. The number of aryl methyl sites for hydroxylation is 1. The van der Waals surface area contributed by atoms with Gasteiger partial charge >= 0.3 is 0 Å². The minimum Gasteiger partial charge on any atom is -0.496 e. The van der Waals surface area contributed by atoms with E-state index in [9.17, 15) is 4.79 Å². The largest absolute Gasteiger partial charge is 0.496 e. The monoisotopic (exact) mass is 246 g/mol. The van der Waals surface area contributed by atoms with Crippen LogP contribution < -0.4 is 4.74 Å². The Balaban J connectivity index is 2.24. The van der Waals surface area contributed by atoms with Gasteiger partial charge in [-0.3, -0.25) is 4.79 Å². The van der Waals surface area contributed by atoms with Crippen LogP contribution in [0.4, 0.5) is 0 Å². The maximum Gasteiger partial charge on any atom is 0.170 e. The topological polar surface area (TPSA) is 26.3 Å². The minimum atomic E-state index is 0.0975. The Labute approximate surface area is 105 Å². The summed E-state index contributed by atoms with van der Waals surface area (Å²) in [6.45, 7) is 1.98. The van der Waals surface area contributed by atoms with Crippen molar-refractivity contribution in [2.45, 2.75) is 13.3 Å². The van der Waals surface area contributed by atoms with Crippen LogP contribution in [0.1, 0.15) is 21.5 Å². The zero-order valence-electron chi connectivity index (χ0n) is 9.90. The Morgan fingerprint density at radius 2 is 2.18 bits per heavy atom. The van der Waals surface area contributed by atoms with Crippen LogP contribution in [0.5, 0.6) is 5.75 Å². The molecule has 0 saturated carbocycles. The van der Waals surface area contributed by atoms with Crippen molar-refractivity contribution in [2.24, 2.45) is 0 Å². The first-order chi connectivity index (χ1) is 8.20. The van der Waals surface area contributed by atoms with E-state index < -0.39 is 0 Å². The van der Waals surface area contributed by atoms with Gasteiger partial charge in [0.05, 0.1) is 12.7 Å². The van der Waals surface area contributed by atoms with Crippen LogP contribution in [0.2, 0.25) is 0 Å². The molecular weight excluding hydrogens is 232 g/mol. The number of ether oxygens (including phenoxy) is 1. The summed E-state index contributed by atoms with van der Waals surface area (Å²) in [4.78, 5) is 12.1. The van der Waals surface area contributed by atoms with Gasteiger partial charge in [-0.15, -0.1) is 0 Å². The lowest BCUT2D eigenvalue weighted by Crippen LogP contribution is -2.05. The van der Waals surface area contributed by atoms with Crippen LogP contribution in [0.3, 0.4) is 0 Å². The molecule has 3 heteroatoms. The number of thiophene rings is 1. The van der Waals surface area contributed by atoms with E-state index in [0.717, 1.165) is 11.1 Å². The maximum absolute atomic E-state index is 12.1. The molecule has 0 spiro atoms. The Kier molecular flexibility index (Phi) is 3.59. The summed E-state index contributed by atoms with van der Waals surface area (Å²) in [5.74, 6) is 0.755. The SMILES string of the molecule is COc1cc(C)ccc1C(=O)Cc1ccsc1. The molecule has 2 aromatic rings. The molecule has 0 aliphatic rings. The van der Waals surface area contributed by atoms with Crippen molar-refractivity contribution in [1.29, 1.82) is 0 Å². The zero-order valence-corrected chi connectivity index (χ0v) is 10.7. The second-order valence-corrected chi connectivity index (χ2v) is 4.72. The van der Waals surface area contributed by atoms with Crippen molar-refractivity contribution in [3.8, 4) is 5.75 Å². The molecule has 0 atom stereocenters. The summed E-state index contributed by atoms with van der Waals surface area (Å²) < 4.78 is 5.25. The van der Waals surface area contributed by atoms with Crippen molar-refractivity contribution in [1.82, 2.24) is 0 Å². The predicted molar refractivity (Wildman–Crippen MR) is 70.1 cm³/mol. The Morgan fingerprint density at radius 1 is 1.35 bits per heavy atom.